The standard InChI is InChI=1S/C8H14N4O2/c1-12-5-6(4-11-12)7(9)8(14)10-2-3-13/h4-5,7,13H,2-3,9H2,1H3,(H,10,14). The van der Waals surface area contributed by atoms with Crippen molar-refractivity contribution in [3.05, 3.63) is 18.0 Å². The van der Waals surface area contributed by atoms with E-state index in [2.05, 4.69) is 10.4 Å². The summed E-state index contributed by atoms with van der Waals surface area (Å²) in [5, 5.41) is 14.9. The molecule has 0 aromatic carbocycles. The van der Waals surface area contributed by atoms with Gasteiger partial charge in [0.25, 0.3) is 0 Å². The topological polar surface area (TPSA) is 93.2 Å². The van der Waals surface area contributed by atoms with Crippen LogP contribution in [0.3, 0.4) is 0 Å². The van der Waals surface area contributed by atoms with Crippen LogP contribution >= 0.6 is 0 Å². The number of aryl methyl sites for hydroxylation is 1. The van der Waals surface area contributed by atoms with Crippen LogP contribution in [0.4, 0.5) is 0 Å². The molecule has 78 valence electrons. The second-order valence-electron chi connectivity index (χ2n) is 2.94. The summed E-state index contributed by atoms with van der Waals surface area (Å²) in [7, 11) is 1.75. The second-order valence-corrected chi connectivity index (χ2v) is 2.94. The van der Waals surface area contributed by atoms with Crippen LogP contribution in [0.1, 0.15) is 11.6 Å². The van der Waals surface area contributed by atoms with Crippen LogP contribution in [0.15, 0.2) is 12.4 Å². The number of carbonyl (C=O) groups excluding carboxylic acids is 1. The highest BCUT2D eigenvalue weighted by Crippen LogP contribution is 2.07. The van der Waals surface area contributed by atoms with Crippen LogP contribution in [-0.2, 0) is 11.8 Å². The molecule has 1 rings (SSSR count). The molecule has 0 aliphatic heterocycles. The summed E-state index contributed by atoms with van der Waals surface area (Å²) < 4.78 is 1.58. The number of rotatable bonds is 4. The Labute approximate surface area is 81.7 Å². The maximum absolute atomic E-state index is 11.3. The largest absolute Gasteiger partial charge is 0.395 e. The molecule has 0 saturated heterocycles. The molecule has 6 heteroatoms. The highest BCUT2D eigenvalue weighted by Gasteiger charge is 2.16. The Hall–Kier alpha value is -1.40. The number of nitrogens with one attached hydrogen (secondary N) is 1. The Morgan fingerprint density at radius 3 is 3.07 bits per heavy atom. The number of amides is 1. The van der Waals surface area contributed by atoms with Crippen molar-refractivity contribution in [1.82, 2.24) is 15.1 Å². The Kier molecular flexibility index (Phi) is 3.61. The maximum Gasteiger partial charge on any atom is 0.241 e. The average Bonchev–Trinajstić information content (AvgIpc) is 2.60. The van der Waals surface area contributed by atoms with Gasteiger partial charge in [-0.25, -0.2) is 0 Å². The molecule has 0 aliphatic rings. The first-order valence-corrected chi connectivity index (χ1v) is 4.28. The minimum atomic E-state index is -0.727. The quantitative estimate of drug-likeness (QED) is 0.550. The van der Waals surface area contributed by atoms with Gasteiger partial charge in [-0.05, 0) is 0 Å². The Balaban J connectivity index is 2.56. The molecule has 6 nitrogen and oxygen atoms in total. The van der Waals surface area contributed by atoms with Gasteiger partial charge in [-0.2, -0.15) is 5.10 Å². The van der Waals surface area contributed by atoms with Crippen LogP contribution in [0.5, 0.6) is 0 Å². The fourth-order valence-electron chi connectivity index (χ4n) is 1.04. The van der Waals surface area contributed by atoms with E-state index in [-0.39, 0.29) is 19.1 Å². The third-order valence-electron chi connectivity index (χ3n) is 1.78. The number of aromatic nitrogens is 2. The number of hydrogen-bond donors (Lipinski definition) is 3. The Morgan fingerprint density at radius 1 is 1.86 bits per heavy atom. The van der Waals surface area contributed by atoms with Gasteiger partial charge in [-0.3, -0.25) is 9.48 Å². The molecule has 1 atom stereocenters. The van der Waals surface area contributed by atoms with Crippen molar-refractivity contribution in [2.45, 2.75) is 6.04 Å². The van der Waals surface area contributed by atoms with E-state index < -0.39 is 6.04 Å². The molecule has 4 N–H and O–H groups in total. The van der Waals surface area contributed by atoms with E-state index in [4.69, 9.17) is 10.8 Å². The van der Waals surface area contributed by atoms with Crippen molar-refractivity contribution < 1.29 is 9.90 Å². The van der Waals surface area contributed by atoms with Crippen molar-refractivity contribution in [2.75, 3.05) is 13.2 Å². The first-order valence-electron chi connectivity index (χ1n) is 4.28. The Morgan fingerprint density at radius 2 is 2.57 bits per heavy atom. The molecule has 1 aromatic heterocycles. The van der Waals surface area contributed by atoms with Crippen molar-refractivity contribution >= 4 is 5.91 Å². The van der Waals surface area contributed by atoms with E-state index in [0.29, 0.717) is 5.56 Å². The fraction of sp³-hybridized carbons (Fsp3) is 0.500. The van der Waals surface area contributed by atoms with Gasteiger partial charge >= 0.3 is 0 Å². The second kappa shape index (κ2) is 4.73. The van der Waals surface area contributed by atoms with Crippen LogP contribution in [0, 0.1) is 0 Å². The lowest BCUT2D eigenvalue weighted by atomic mass is 10.1. The van der Waals surface area contributed by atoms with Crippen molar-refractivity contribution in [3.63, 3.8) is 0 Å². The van der Waals surface area contributed by atoms with Gasteiger partial charge in [0.05, 0.1) is 12.8 Å². The minimum absolute atomic E-state index is 0.0918. The molecule has 1 amide bonds. The summed E-state index contributed by atoms with van der Waals surface area (Å²) in [5.41, 5.74) is 6.30. The van der Waals surface area contributed by atoms with Crippen molar-refractivity contribution in [1.29, 1.82) is 0 Å². The Bertz CT molecular complexity index is 310. The lowest BCUT2D eigenvalue weighted by Gasteiger charge is -2.08. The zero-order valence-corrected chi connectivity index (χ0v) is 7.97. The highest BCUT2D eigenvalue weighted by atomic mass is 16.3. The van der Waals surface area contributed by atoms with Crippen molar-refractivity contribution in [2.24, 2.45) is 12.8 Å². The predicted molar refractivity (Wildman–Crippen MR) is 50.2 cm³/mol. The molecule has 0 bridgehead atoms. The molecule has 0 saturated carbocycles. The van der Waals surface area contributed by atoms with Gasteiger partial charge < -0.3 is 16.2 Å². The normalized spacial score (nSPS) is 12.5. The zero-order valence-electron chi connectivity index (χ0n) is 7.97. The summed E-state index contributed by atoms with van der Waals surface area (Å²) in [6.45, 7) is 0.123. The summed E-state index contributed by atoms with van der Waals surface area (Å²) >= 11 is 0. The van der Waals surface area contributed by atoms with Gasteiger partial charge in [0, 0.05) is 25.4 Å². The van der Waals surface area contributed by atoms with Gasteiger partial charge in [0.1, 0.15) is 6.04 Å². The van der Waals surface area contributed by atoms with E-state index in [9.17, 15) is 4.79 Å². The third-order valence-corrected chi connectivity index (χ3v) is 1.78. The summed E-state index contributed by atoms with van der Waals surface area (Å²) in [6, 6.07) is -0.727. The molecule has 1 heterocycles. The van der Waals surface area contributed by atoms with E-state index in [0.717, 1.165) is 0 Å². The van der Waals surface area contributed by atoms with E-state index in [1.807, 2.05) is 0 Å². The smallest absolute Gasteiger partial charge is 0.241 e. The van der Waals surface area contributed by atoms with Crippen molar-refractivity contribution in [3.8, 4) is 0 Å². The third kappa shape index (κ3) is 2.54. The van der Waals surface area contributed by atoms with Crippen LogP contribution in [-0.4, -0.2) is 33.9 Å². The van der Waals surface area contributed by atoms with Crippen LogP contribution in [0.2, 0.25) is 0 Å². The molecule has 1 aromatic rings. The molecule has 0 radical (unpaired) electrons. The summed E-state index contributed by atoms with van der Waals surface area (Å²) in [6.07, 6.45) is 3.23. The highest BCUT2D eigenvalue weighted by molar-refractivity contribution is 5.82. The number of aliphatic hydroxyl groups is 1. The first kappa shape index (κ1) is 10.7. The van der Waals surface area contributed by atoms with E-state index in [1.54, 1.807) is 24.1 Å². The summed E-state index contributed by atoms with van der Waals surface area (Å²) in [5.74, 6) is -0.313. The van der Waals surface area contributed by atoms with Gasteiger partial charge in [0.2, 0.25) is 5.91 Å². The minimum Gasteiger partial charge on any atom is -0.395 e. The number of nitrogens with two attached hydrogens (primary N) is 1. The summed E-state index contributed by atoms with van der Waals surface area (Å²) in [4.78, 5) is 11.3. The molecule has 14 heavy (non-hydrogen) atoms. The maximum atomic E-state index is 11.3. The predicted octanol–water partition coefficient (Wildman–Crippen LogP) is -1.47. The SMILES string of the molecule is Cn1cc(C(N)C(=O)NCCO)cn1. The number of nitrogens with zero attached hydrogens (tertiary/aromatic N) is 2. The monoisotopic (exact) mass is 198 g/mol. The van der Waals surface area contributed by atoms with Crippen LogP contribution in [0.25, 0.3) is 0 Å². The zero-order chi connectivity index (χ0) is 10.6. The van der Waals surface area contributed by atoms with E-state index in [1.165, 1.54) is 0 Å². The molecular formula is C8H14N4O2. The molecule has 1 unspecified atom stereocenters. The van der Waals surface area contributed by atoms with Crippen LogP contribution < -0.4 is 11.1 Å². The molecule has 0 aliphatic carbocycles. The van der Waals surface area contributed by atoms with E-state index >= 15 is 0 Å². The first-order chi connectivity index (χ1) is 6.65. The van der Waals surface area contributed by atoms with Gasteiger partial charge in [-0.1, -0.05) is 0 Å². The molecule has 0 spiro atoms. The lowest BCUT2D eigenvalue weighted by molar-refractivity contribution is -0.122. The number of aliphatic hydroxyl groups excluding tert-OH is 1. The van der Waals surface area contributed by atoms with Gasteiger partial charge in [-0.15, -0.1) is 0 Å². The molecule has 0 fully saturated rings. The molecular weight excluding hydrogens is 184 g/mol. The average molecular weight is 198 g/mol. The number of carbonyl (C=O) groups is 1. The number of hydrogen-bond acceptors (Lipinski definition) is 4. The van der Waals surface area contributed by atoms with Gasteiger partial charge in [0.15, 0.2) is 0 Å². The lowest BCUT2D eigenvalue weighted by Crippen LogP contribution is -2.35. The fourth-order valence-corrected chi connectivity index (χ4v) is 1.04.